The molecule has 0 saturated heterocycles. The number of para-hydroxylation sites is 2. The Bertz CT molecular complexity index is 719. The number of imidazole rings is 1. The first kappa shape index (κ1) is 12.7. The molecule has 0 aliphatic carbocycles. The number of rotatable bonds is 3. The summed E-state index contributed by atoms with van der Waals surface area (Å²) in [6.07, 6.45) is 0. The van der Waals surface area contributed by atoms with E-state index in [9.17, 15) is 0 Å². The van der Waals surface area contributed by atoms with Crippen molar-refractivity contribution in [2.24, 2.45) is 0 Å². The highest BCUT2D eigenvalue weighted by Crippen LogP contribution is 2.25. The van der Waals surface area contributed by atoms with E-state index in [1.165, 1.54) is 11.8 Å². The van der Waals surface area contributed by atoms with Crippen LogP contribution in [0.5, 0.6) is 0 Å². The van der Waals surface area contributed by atoms with Crippen molar-refractivity contribution in [2.75, 3.05) is 24.7 Å². The Labute approximate surface area is 119 Å². The summed E-state index contributed by atoms with van der Waals surface area (Å²) < 4.78 is 0. The maximum absolute atomic E-state index is 5.69. The average molecular weight is 287 g/mol. The number of nitrogen functional groups attached to an aromatic ring is 1. The van der Waals surface area contributed by atoms with Gasteiger partial charge in [0.25, 0.3) is 0 Å². The number of fused-ring (bicyclic) bond motifs is 1. The topological polar surface area (TPSA) is 96.6 Å². The molecule has 8 heteroatoms. The standard InChI is InChI=1S/C12H13N7S/c1-19(2)10-16-9(13)17-12(18-10)20-11-14-7-5-3-4-6-8(7)15-11/h3-6H,1-2H3,(H,14,15)(H2,13,16,17,18). The number of nitrogens with one attached hydrogen (secondary N) is 1. The second kappa shape index (κ2) is 4.97. The fourth-order valence-electron chi connectivity index (χ4n) is 1.67. The van der Waals surface area contributed by atoms with Crippen molar-refractivity contribution in [1.29, 1.82) is 0 Å². The highest BCUT2D eigenvalue weighted by Gasteiger charge is 2.10. The molecule has 0 saturated carbocycles. The summed E-state index contributed by atoms with van der Waals surface area (Å²) in [5.74, 6) is 0.721. The molecule has 1 aromatic carbocycles. The van der Waals surface area contributed by atoms with Gasteiger partial charge in [-0.05, 0) is 23.9 Å². The van der Waals surface area contributed by atoms with Gasteiger partial charge in [0.2, 0.25) is 17.1 Å². The second-order valence-electron chi connectivity index (χ2n) is 4.33. The lowest BCUT2D eigenvalue weighted by Gasteiger charge is -2.10. The second-order valence-corrected chi connectivity index (χ2v) is 5.29. The summed E-state index contributed by atoms with van der Waals surface area (Å²) in [7, 11) is 3.70. The Morgan fingerprint density at radius 2 is 1.90 bits per heavy atom. The van der Waals surface area contributed by atoms with Gasteiger partial charge in [0.05, 0.1) is 11.0 Å². The molecule has 0 radical (unpaired) electrons. The number of aromatic amines is 1. The van der Waals surface area contributed by atoms with Crippen LogP contribution in [-0.4, -0.2) is 39.0 Å². The van der Waals surface area contributed by atoms with E-state index in [2.05, 4.69) is 24.9 Å². The van der Waals surface area contributed by atoms with Crippen LogP contribution < -0.4 is 10.6 Å². The lowest BCUT2D eigenvalue weighted by Crippen LogP contribution is -2.15. The molecule has 0 amide bonds. The minimum Gasteiger partial charge on any atom is -0.368 e. The first-order valence-electron chi connectivity index (χ1n) is 5.93. The minimum absolute atomic E-state index is 0.197. The van der Waals surface area contributed by atoms with Crippen LogP contribution in [0.3, 0.4) is 0 Å². The van der Waals surface area contributed by atoms with Gasteiger partial charge in [-0.2, -0.15) is 15.0 Å². The van der Waals surface area contributed by atoms with Gasteiger partial charge < -0.3 is 15.6 Å². The molecule has 0 aliphatic rings. The van der Waals surface area contributed by atoms with E-state index in [0.29, 0.717) is 11.1 Å². The molecule has 7 nitrogen and oxygen atoms in total. The highest BCUT2D eigenvalue weighted by atomic mass is 32.2. The smallest absolute Gasteiger partial charge is 0.230 e. The van der Waals surface area contributed by atoms with E-state index in [4.69, 9.17) is 5.73 Å². The van der Waals surface area contributed by atoms with Gasteiger partial charge in [-0.15, -0.1) is 0 Å². The van der Waals surface area contributed by atoms with E-state index in [1.807, 2.05) is 38.4 Å². The number of hydrogen-bond donors (Lipinski definition) is 2. The van der Waals surface area contributed by atoms with Gasteiger partial charge in [-0.25, -0.2) is 4.98 Å². The molecule has 3 rings (SSSR count). The lowest BCUT2D eigenvalue weighted by atomic mass is 10.3. The molecule has 0 bridgehead atoms. The SMILES string of the molecule is CN(C)c1nc(N)nc(Sc2nc3ccccc3[nH]2)n1. The van der Waals surface area contributed by atoms with Crippen molar-refractivity contribution in [3.63, 3.8) is 0 Å². The fourth-order valence-corrected chi connectivity index (χ4v) is 2.42. The van der Waals surface area contributed by atoms with Gasteiger partial charge in [0.15, 0.2) is 5.16 Å². The molecule has 20 heavy (non-hydrogen) atoms. The van der Waals surface area contributed by atoms with Crippen molar-refractivity contribution in [1.82, 2.24) is 24.9 Å². The zero-order valence-electron chi connectivity index (χ0n) is 11.0. The highest BCUT2D eigenvalue weighted by molar-refractivity contribution is 7.99. The third-order valence-corrected chi connectivity index (χ3v) is 3.33. The maximum Gasteiger partial charge on any atom is 0.230 e. The quantitative estimate of drug-likeness (QED) is 0.754. The van der Waals surface area contributed by atoms with Crippen LogP contribution in [-0.2, 0) is 0 Å². The van der Waals surface area contributed by atoms with E-state index < -0.39 is 0 Å². The van der Waals surface area contributed by atoms with Crippen LogP contribution >= 0.6 is 11.8 Å². The van der Waals surface area contributed by atoms with Gasteiger partial charge >= 0.3 is 0 Å². The van der Waals surface area contributed by atoms with Crippen LogP contribution in [0.25, 0.3) is 11.0 Å². The van der Waals surface area contributed by atoms with E-state index in [1.54, 1.807) is 4.90 Å². The van der Waals surface area contributed by atoms with Crippen LogP contribution in [0.15, 0.2) is 34.6 Å². The Morgan fingerprint density at radius 1 is 1.10 bits per heavy atom. The monoisotopic (exact) mass is 287 g/mol. The number of H-pyrrole nitrogens is 1. The molecule has 102 valence electrons. The van der Waals surface area contributed by atoms with Crippen molar-refractivity contribution in [3.8, 4) is 0 Å². The maximum atomic E-state index is 5.69. The van der Waals surface area contributed by atoms with Crippen LogP contribution in [0.4, 0.5) is 11.9 Å². The van der Waals surface area contributed by atoms with Gasteiger partial charge in [0.1, 0.15) is 0 Å². The van der Waals surface area contributed by atoms with Crippen molar-refractivity contribution in [2.45, 2.75) is 10.3 Å². The molecule has 0 fully saturated rings. The van der Waals surface area contributed by atoms with Crippen molar-refractivity contribution < 1.29 is 0 Å². The van der Waals surface area contributed by atoms with Crippen LogP contribution in [0, 0.1) is 0 Å². The van der Waals surface area contributed by atoms with Gasteiger partial charge in [0, 0.05) is 14.1 Å². The number of hydrogen-bond acceptors (Lipinski definition) is 7. The molecule has 3 aromatic rings. The minimum atomic E-state index is 0.197. The fraction of sp³-hybridized carbons (Fsp3) is 0.167. The molecule has 0 unspecified atom stereocenters. The van der Waals surface area contributed by atoms with E-state index >= 15 is 0 Å². The molecule has 3 N–H and O–H groups in total. The Hall–Kier alpha value is -2.35. The number of anilines is 2. The summed E-state index contributed by atoms with van der Waals surface area (Å²) in [5.41, 5.74) is 7.58. The van der Waals surface area contributed by atoms with Crippen molar-refractivity contribution in [3.05, 3.63) is 24.3 Å². The van der Waals surface area contributed by atoms with Crippen molar-refractivity contribution >= 4 is 34.7 Å². The Morgan fingerprint density at radius 3 is 2.65 bits per heavy atom. The number of aromatic nitrogens is 5. The predicted octanol–water partition coefficient (Wildman–Crippen LogP) is 1.55. The molecular formula is C12H13N7S. The zero-order chi connectivity index (χ0) is 14.1. The van der Waals surface area contributed by atoms with Crippen LogP contribution in [0.1, 0.15) is 0 Å². The molecular weight excluding hydrogens is 274 g/mol. The number of nitrogens with two attached hydrogens (primary N) is 1. The van der Waals surface area contributed by atoms with Gasteiger partial charge in [-0.3, -0.25) is 0 Å². The van der Waals surface area contributed by atoms with Gasteiger partial charge in [-0.1, -0.05) is 12.1 Å². The number of nitrogens with zero attached hydrogens (tertiary/aromatic N) is 5. The zero-order valence-corrected chi connectivity index (χ0v) is 11.8. The average Bonchev–Trinajstić information content (AvgIpc) is 2.79. The summed E-state index contributed by atoms with van der Waals surface area (Å²) in [6.45, 7) is 0. The Kier molecular flexibility index (Phi) is 3.15. The summed E-state index contributed by atoms with van der Waals surface area (Å²) in [5, 5.41) is 1.24. The molecule has 0 spiro atoms. The summed E-state index contributed by atoms with van der Waals surface area (Å²) >= 11 is 1.32. The first-order valence-corrected chi connectivity index (χ1v) is 6.75. The first-order chi connectivity index (χ1) is 9.61. The van der Waals surface area contributed by atoms with E-state index in [-0.39, 0.29) is 5.95 Å². The largest absolute Gasteiger partial charge is 0.368 e. The Balaban J connectivity index is 1.94. The third kappa shape index (κ3) is 2.50. The number of benzene rings is 1. The molecule has 2 aromatic heterocycles. The molecule has 2 heterocycles. The predicted molar refractivity (Wildman–Crippen MR) is 78.8 cm³/mol. The lowest BCUT2D eigenvalue weighted by molar-refractivity contribution is 0.872. The third-order valence-electron chi connectivity index (χ3n) is 2.58. The summed E-state index contributed by atoms with van der Waals surface area (Å²) in [4.78, 5) is 21.9. The van der Waals surface area contributed by atoms with Crippen LogP contribution in [0.2, 0.25) is 0 Å². The molecule has 0 aliphatic heterocycles. The van der Waals surface area contributed by atoms with E-state index in [0.717, 1.165) is 16.2 Å². The summed E-state index contributed by atoms with van der Waals surface area (Å²) in [6, 6.07) is 7.82. The molecule has 0 atom stereocenters. The normalized spacial score (nSPS) is 10.9.